The number of rotatable bonds is 3. The topological polar surface area (TPSA) is 35.2 Å². The maximum atomic E-state index is 13.1. The SMILES string of the molecule is FC(F)(F)c1cc(N2CCN(Cc3n[nH]c4ccccc34)CC2)cc(C(F)(F)F)c1. The number of hydrogen-bond donors (Lipinski definition) is 1. The lowest BCUT2D eigenvalue weighted by atomic mass is 10.1. The third kappa shape index (κ3) is 4.23. The molecule has 0 saturated carbocycles. The van der Waals surface area contributed by atoms with Gasteiger partial charge in [-0.1, -0.05) is 18.2 Å². The summed E-state index contributed by atoms with van der Waals surface area (Å²) < 4.78 is 78.6. The standard InChI is InChI=1S/C20H18F6N4/c21-19(22,23)13-9-14(20(24,25)26)11-15(10-13)30-7-5-29(6-8-30)12-18-16-3-1-2-4-17(16)27-28-18/h1-4,9-11H,5-8,12H2,(H,27,28). The Labute approximate surface area is 168 Å². The van der Waals surface area contributed by atoms with Crippen molar-refractivity contribution < 1.29 is 26.3 Å². The van der Waals surface area contributed by atoms with Crippen molar-refractivity contribution >= 4 is 16.6 Å². The molecule has 0 amide bonds. The Morgan fingerprint density at radius 1 is 0.833 bits per heavy atom. The van der Waals surface area contributed by atoms with Crippen LogP contribution in [0.2, 0.25) is 0 Å². The summed E-state index contributed by atoms with van der Waals surface area (Å²) in [6, 6.07) is 9.39. The number of alkyl halides is 6. The first-order chi connectivity index (χ1) is 14.1. The van der Waals surface area contributed by atoms with Gasteiger partial charge in [0.25, 0.3) is 0 Å². The van der Waals surface area contributed by atoms with E-state index in [1.165, 1.54) is 0 Å². The molecule has 0 bridgehead atoms. The number of hydrogen-bond acceptors (Lipinski definition) is 3. The first-order valence-electron chi connectivity index (χ1n) is 9.30. The van der Waals surface area contributed by atoms with Gasteiger partial charge in [-0.2, -0.15) is 31.4 Å². The van der Waals surface area contributed by atoms with Gasteiger partial charge in [0.1, 0.15) is 0 Å². The van der Waals surface area contributed by atoms with Crippen molar-refractivity contribution in [3.8, 4) is 0 Å². The fourth-order valence-corrected chi connectivity index (χ4v) is 3.64. The van der Waals surface area contributed by atoms with Crippen LogP contribution in [0.1, 0.15) is 16.8 Å². The summed E-state index contributed by atoms with van der Waals surface area (Å²) in [6.07, 6.45) is -9.70. The minimum atomic E-state index is -4.85. The van der Waals surface area contributed by atoms with Crippen LogP contribution in [-0.4, -0.2) is 41.3 Å². The number of para-hydroxylation sites is 1. The Bertz CT molecular complexity index is 999. The minimum Gasteiger partial charge on any atom is -0.369 e. The molecule has 1 aromatic heterocycles. The lowest BCUT2D eigenvalue weighted by Gasteiger charge is -2.36. The number of nitrogens with zero attached hydrogens (tertiary/aromatic N) is 3. The van der Waals surface area contributed by atoms with Crippen LogP contribution in [0.5, 0.6) is 0 Å². The molecule has 3 aromatic rings. The maximum Gasteiger partial charge on any atom is 0.416 e. The van der Waals surface area contributed by atoms with Crippen LogP contribution < -0.4 is 4.90 Å². The summed E-state index contributed by atoms with van der Waals surface area (Å²) in [5, 5.41) is 8.26. The molecule has 0 spiro atoms. The number of benzene rings is 2. The molecule has 0 atom stereocenters. The van der Waals surface area contributed by atoms with E-state index in [9.17, 15) is 26.3 Å². The van der Waals surface area contributed by atoms with E-state index in [-0.39, 0.29) is 11.8 Å². The van der Waals surface area contributed by atoms with Crippen molar-refractivity contribution in [3.63, 3.8) is 0 Å². The summed E-state index contributed by atoms with van der Waals surface area (Å²) >= 11 is 0. The van der Waals surface area contributed by atoms with E-state index < -0.39 is 23.5 Å². The van der Waals surface area contributed by atoms with Gasteiger partial charge in [0.15, 0.2) is 0 Å². The van der Waals surface area contributed by atoms with Gasteiger partial charge in [-0.3, -0.25) is 10.00 Å². The fourth-order valence-electron chi connectivity index (χ4n) is 3.64. The average Bonchev–Trinajstić information content (AvgIpc) is 3.10. The third-order valence-corrected chi connectivity index (χ3v) is 5.23. The number of fused-ring (bicyclic) bond motifs is 1. The van der Waals surface area contributed by atoms with E-state index in [4.69, 9.17) is 0 Å². The highest BCUT2D eigenvalue weighted by atomic mass is 19.4. The van der Waals surface area contributed by atoms with Crippen molar-refractivity contribution in [1.82, 2.24) is 15.1 Å². The van der Waals surface area contributed by atoms with Crippen LogP contribution in [0.25, 0.3) is 10.9 Å². The number of aromatic nitrogens is 2. The summed E-state index contributed by atoms with van der Waals surface area (Å²) in [5.74, 6) is 0. The maximum absolute atomic E-state index is 13.1. The van der Waals surface area contributed by atoms with Crippen molar-refractivity contribution in [3.05, 3.63) is 59.3 Å². The zero-order chi connectivity index (χ0) is 21.5. The van der Waals surface area contributed by atoms with Gasteiger partial charge in [-0.25, -0.2) is 0 Å². The second-order valence-electron chi connectivity index (χ2n) is 7.24. The summed E-state index contributed by atoms with van der Waals surface area (Å²) in [6.45, 7) is 2.19. The predicted molar refractivity (Wildman–Crippen MR) is 100 cm³/mol. The third-order valence-electron chi connectivity index (χ3n) is 5.23. The highest BCUT2D eigenvalue weighted by molar-refractivity contribution is 5.81. The zero-order valence-corrected chi connectivity index (χ0v) is 15.7. The molecule has 10 heteroatoms. The van der Waals surface area contributed by atoms with Crippen LogP contribution in [0.3, 0.4) is 0 Å². The number of anilines is 1. The molecular formula is C20H18F6N4. The monoisotopic (exact) mass is 428 g/mol. The van der Waals surface area contributed by atoms with Crippen molar-refractivity contribution in [1.29, 1.82) is 0 Å². The van der Waals surface area contributed by atoms with Crippen LogP contribution in [0.15, 0.2) is 42.5 Å². The molecule has 0 aliphatic carbocycles. The normalized spacial score (nSPS) is 16.4. The van der Waals surface area contributed by atoms with Gasteiger partial charge in [-0.15, -0.1) is 0 Å². The summed E-state index contributed by atoms with van der Waals surface area (Å²) in [5.41, 5.74) is -0.884. The molecule has 30 heavy (non-hydrogen) atoms. The van der Waals surface area contributed by atoms with Gasteiger partial charge in [0.05, 0.1) is 22.3 Å². The fraction of sp³-hybridized carbons (Fsp3) is 0.350. The van der Waals surface area contributed by atoms with Crippen LogP contribution in [0, 0.1) is 0 Å². The molecule has 2 heterocycles. The number of halogens is 6. The zero-order valence-electron chi connectivity index (χ0n) is 15.7. The first kappa shape index (κ1) is 20.5. The predicted octanol–water partition coefficient (Wildman–Crippen LogP) is 4.92. The Balaban J connectivity index is 1.49. The van der Waals surface area contributed by atoms with Crippen LogP contribution in [0.4, 0.5) is 32.0 Å². The van der Waals surface area contributed by atoms with E-state index in [1.807, 2.05) is 24.3 Å². The summed E-state index contributed by atoms with van der Waals surface area (Å²) in [4.78, 5) is 3.64. The lowest BCUT2D eigenvalue weighted by molar-refractivity contribution is -0.143. The van der Waals surface area contributed by atoms with Crippen molar-refractivity contribution in [2.24, 2.45) is 0 Å². The Kier molecular flexibility index (Phi) is 5.13. The molecule has 1 saturated heterocycles. The van der Waals surface area contributed by atoms with E-state index in [0.29, 0.717) is 32.7 Å². The van der Waals surface area contributed by atoms with E-state index >= 15 is 0 Å². The van der Waals surface area contributed by atoms with E-state index in [1.54, 1.807) is 4.90 Å². The van der Waals surface area contributed by atoms with Crippen LogP contribution >= 0.6 is 0 Å². The molecule has 1 aliphatic heterocycles. The number of nitrogens with one attached hydrogen (secondary N) is 1. The van der Waals surface area contributed by atoms with Gasteiger partial charge in [-0.05, 0) is 24.3 Å². The van der Waals surface area contributed by atoms with E-state index in [2.05, 4.69) is 15.1 Å². The van der Waals surface area contributed by atoms with Gasteiger partial charge in [0, 0.05) is 43.8 Å². The molecule has 0 unspecified atom stereocenters. The van der Waals surface area contributed by atoms with Gasteiger partial charge in [0.2, 0.25) is 0 Å². The van der Waals surface area contributed by atoms with Gasteiger partial charge < -0.3 is 4.90 Å². The highest BCUT2D eigenvalue weighted by Crippen LogP contribution is 2.38. The largest absolute Gasteiger partial charge is 0.416 e. The van der Waals surface area contributed by atoms with Crippen LogP contribution in [-0.2, 0) is 18.9 Å². The van der Waals surface area contributed by atoms with Gasteiger partial charge >= 0.3 is 12.4 Å². The molecular weight excluding hydrogens is 410 g/mol. The molecule has 160 valence electrons. The first-order valence-corrected chi connectivity index (χ1v) is 9.30. The average molecular weight is 428 g/mol. The second-order valence-corrected chi connectivity index (χ2v) is 7.24. The molecule has 4 rings (SSSR count). The molecule has 1 N–H and O–H groups in total. The minimum absolute atomic E-state index is 0.0676. The smallest absolute Gasteiger partial charge is 0.369 e. The molecule has 2 aromatic carbocycles. The quantitative estimate of drug-likeness (QED) is 0.602. The number of piperazine rings is 1. The number of H-pyrrole nitrogens is 1. The molecule has 1 fully saturated rings. The Morgan fingerprint density at radius 3 is 2.03 bits per heavy atom. The molecule has 1 aliphatic rings. The highest BCUT2D eigenvalue weighted by Gasteiger charge is 2.37. The molecule has 0 radical (unpaired) electrons. The van der Waals surface area contributed by atoms with Crippen molar-refractivity contribution in [2.45, 2.75) is 18.9 Å². The Hall–Kier alpha value is -2.75. The lowest BCUT2D eigenvalue weighted by Crippen LogP contribution is -2.46. The Morgan fingerprint density at radius 2 is 1.43 bits per heavy atom. The molecule has 4 nitrogen and oxygen atoms in total. The van der Waals surface area contributed by atoms with Crippen molar-refractivity contribution in [2.75, 3.05) is 31.1 Å². The number of aromatic amines is 1. The summed E-state index contributed by atoms with van der Waals surface area (Å²) in [7, 11) is 0. The second kappa shape index (κ2) is 7.50. The van der Waals surface area contributed by atoms with E-state index in [0.717, 1.165) is 28.7 Å².